The number of hydrogen-bond donors (Lipinski definition) is 3. The molecule has 1 aromatic carbocycles. The smallest absolute Gasteiger partial charge is 0.335 e. The van der Waals surface area contributed by atoms with E-state index in [1.54, 1.807) is 23.7 Å². The van der Waals surface area contributed by atoms with Crippen molar-refractivity contribution in [2.45, 2.75) is 105 Å². The van der Waals surface area contributed by atoms with Crippen molar-refractivity contribution < 1.29 is 19.5 Å². The van der Waals surface area contributed by atoms with E-state index in [2.05, 4.69) is 69.8 Å². The average Bonchev–Trinajstić information content (AvgIpc) is 3.69. The maximum absolute atomic E-state index is 13.5. The third-order valence-corrected chi connectivity index (χ3v) is 16.0. The zero-order valence-electron chi connectivity index (χ0n) is 30.0. The van der Waals surface area contributed by atoms with Gasteiger partial charge in [0.25, 0.3) is 0 Å². The summed E-state index contributed by atoms with van der Waals surface area (Å²) in [6, 6.07) is 7.47. The van der Waals surface area contributed by atoms with Crippen molar-refractivity contribution in [3.63, 3.8) is 0 Å². The number of carboxylic acids is 1. The molecule has 49 heavy (non-hydrogen) atoms. The van der Waals surface area contributed by atoms with Gasteiger partial charge in [0.2, 0.25) is 0 Å². The molecule has 0 aliphatic heterocycles. The summed E-state index contributed by atoms with van der Waals surface area (Å²) < 4.78 is 0. The number of amides is 2. The SMILES string of the molecule is C=C(C)[C@@H]1CC[C@]2(NC(=O)C(=O)Nc3nccs3)CC[C@]3(C)[C@H](CC[C@@H]4[C@@]5(C)CC=C(c6ccc(C(=O)O)cc6)C(C)(C)[C@@H]5CC[C@]43C)[C@@H]12. The summed E-state index contributed by atoms with van der Waals surface area (Å²) in [6.07, 6.45) is 13.6. The van der Waals surface area contributed by atoms with Gasteiger partial charge in [-0.05, 0) is 139 Å². The second kappa shape index (κ2) is 11.6. The Morgan fingerprint density at radius 1 is 0.898 bits per heavy atom. The highest BCUT2D eigenvalue weighted by atomic mass is 32.1. The van der Waals surface area contributed by atoms with Crippen molar-refractivity contribution in [2.24, 2.45) is 51.2 Å². The number of aromatic carboxylic acids is 1. The number of nitrogens with one attached hydrogen (secondary N) is 2. The predicted octanol–water partition coefficient (Wildman–Crippen LogP) is 9.00. The van der Waals surface area contributed by atoms with Crippen molar-refractivity contribution in [2.75, 3.05) is 5.32 Å². The van der Waals surface area contributed by atoms with E-state index < -0.39 is 23.3 Å². The van der Waals surface area contributed by atoms with Crippen molar-refractivity contribution in [3.05, 3.63) is 65.2 Å². The molecule has 5 aliphatic carbocycles. The van der Waals surface area contributed by atoms with Gasteiger partial charge in [-0.25, -0.2) is 9.78 Å². The summed E-state index contributed by atoms with van der Waals surface area (Å²) in [5.74, 6) is 0.0269. The van der Waals surface area contributed by atoms with E-state index in [9.17, 15) is 19.5 Å². The minimum absolute atomic E-state index is 0.0431. The molecule has 0 unspecified atom stereocenters. The standard InChI is InChI=1S/C41H53N3O4S/c1-24(2)27-14-19-41(44-34(46)33(45)43-36-42-22-23-49-36)21-20-39(6)29(32(27)41)12-13-31-38(5)17-15-28(25-8-10-26(11-9-25)35(47)48)37(3,4)30(38)16-18-40(31,39)7/h8-11,15,22-23,27,29-32H,1,12-14,16-21H2,2-7H3,(H,44,46)(H,47,48)(H,42,43,45)/t27-,29+,30-,31+,32+,38-,39+,40+,41-/m0/s1. The molecule has 0 radical (unpaired) electrons. The molecule has 7 rings (SSSR count). The van der Waals surface area contributed by atoms with Gasteiger partial charge >= 0.3 is 17.8 Å². The molecule has 4 fully saturated rings. The number of aromatic nitrogens is 1. The van der Waals surface area contributed by atoms with Gasteiger partial charge in [-0.2, -0.15) is 0 Å². The van der Waals surface area contributed by atoms with E-state index in [4.69, 9.17) is 0 Å². The largest absolute Gasteiger partial charge is 0.478 e. The molecule has 5 aliphatic rings. The van der Waals surface area contributed by atoms with Gasteiger partial charge in [-0.3, -0.25) is 14.9 Å². The zero-order chi connectivity index (χ0) is 35.1. The maximum Gasteiger partial charge on any atom is 0.335 e. The topological polar surface area (TPSA) is 108 Å². The Morgan fingerprint density at radius 2 is 1.63 bits per heavy atom. The molecular formula is C41H53N3O4S. The first kappa shape index (κ1) is 34.2. The van der Waals surface area contributed by atoms with Crippen LogP contribution in [0.25, 0.3) is 5.57 Å². The van der Waals surface area contributed by atoms with Crippen LogP contribution in [0.1, 0.15) is 115 Å². The molecule has 2 amide bonds. The first-order valence-electron chi connectivity index (χ1n) is 18.3. The Morgan fingerprint density at radius 3 is 2.29 bits per heavy atom. The third kappa shape index (κ3) is 5.01. The van der Waals surface area contributed by atoms with Crippen LogP contribution >= 0.6 is 11.3 Å². The molecule has 3 N–H and O–H groups in total. The van der Waals surface area contributed by atoms with Gasteiger partial charge in [0.15, 0.2) is 5.13 Å². The molecule has 4 saturated carbocycles. The maximum atomic E-state index is 13.5. The lowest BCUT2D eigenvalue weighted by Crippen LogP contribution is -2.68. The van der Waals surface area contributed by atoms with Crippen LogP contribution in [-0.2, 0) is 9.59 Å². The normalized spacial score (nSPS) is 38.9. The lowest BCUT2D eigenvalue weighted by Gasteiger charge is -2.72. The van der Waals surface area contributed by atoms with Gasteiger partial charge in [-0.15, -0.1) is 11.3 Å². The lowest BCUT2D eigenvalue weighted by molar-refractivity contribution is -0.219. The fourth-order valence-electron chi connectivity index (χ4n) is 13.0. The summed E-state index contributed by atoms with van der Waals surface area (Å²) in [4.78, 5) is 42.2. The number of hydrogen-bond acceptors (Lipinski definition) is 5. The Bertz CT molecular complexity index is 1710. The highest BCUT2D eigenvalue weighted by Crippen LogP contribution is 2.76. The summed E-state index contributed by atoms with van der Waals surface area (Å²) >= 11 is 1.31. The van der Waals surface area contributed by atoms with E-state index in [-0.39, 0.29) is 27.6 Å². The van der Waals surface area contributed by atoms with Gasteiger partial charge in [-0.1, -0.05) is 65.0 Å². The second-order valence-corrected chi connectivity index (χ2v) is 18.4. The first-order valence-corrected chi connectivity index (χ1v) is 19.2. The molecule has 7 nitrogen and oxygen atoms in total. The number of allylic oxidation sites excluding steroid dienone is 3. The molecule has 1 heterocycles. The molecular weight excluding hydrogens is 631 g/mol. The number of nitrogens with zero attached hydrogens (tertiary/aromatic N) is 1. The molecule has 8 heteroatoms. The van der Waals surface area contributed by atoms with Crippen LogP contribution in [0.4, 0.5) is 5.13 Å². The summed E-state index contributed by atoms with van der Waals surface area (Å²) in [5, 5.41) is 17.8. The van der Waals surface area contributed by atoms with E-state index >= 15 is 0 Å². The first-order chi connectivity index (χ1) is 23.1. The van der Waals surface area contributed by atoms with Crippen molar-refractivity contribution in [1.29, 1.82) is 0 Å². The molecule has 1 aromatic heterocycles. The number of anilines is 1. The second-order valence-electron chi connectivity index (χ2n) is 17.5. The van der Waals surface area contributed by atoms with Gasteiger partial charge in [0.1, 0.15) is 0 Å². The molecule has 0 spiro atoms. The molecule has 9 atom stereocenters. The van der Waals surface area contributed by atoms with Crippen LogP contribution in [0.3, 0.4) is 0 Å². The quantitative estimate of drug-likeness (QED) is 0.215. The monoisotopic (exact) mass is 683 g/mol. The van der Waals surface area contributed by atoms with Crippen LogP contribution in [0, 0.1) is 51.2 Å². The number of fused-ring (bicyclic) bond motifs is 7. The highest BCUT2D eigenvalue weighted by Gasteiger charge is 2.70. The number of rotatable bonds is 5. The van der Waals surface area contributed by atoms with E-state index in [0.29, 0.717) is 34.4 Å². The predicted molar refractivity (Wildman–Crippen MR) is 195 cm³/mol. The average molecular weight is 684 g/mol. The molecule has 2 aromatic rings. The van der Waals surface area contributed by atoms with Crippen LogP contribution < -0.4 is 10.6 Å². The lowest BCUT2D eigenvalue weighted by atomic mass is 9.33. The minimum atomic E-state index is -0.890. The fraction of sp³-hybridized carbons (Fsp3) is 0.610. The van der Waals surface area contributed by atoms with E-state index in [1.807, 2.05) is 12.1 Å². The Kier molecular flexibility index (Phi) is 8.13. The molecule has 262 valence electrons. The Hall–Kier alpha value is -3.26. The van der Waals surface area contributed by atoms with Crippen molar-refractivity contribution in [3.8, 4) is 0 Å². The van der Waals surface area contributed by atoms with Gasteiger partial charge in [0, 0.05) is 17.1 Å². The van der Waals surface area contributed by atoms with Crippen molar-refractivity contribution >= 4 is 39.8 Å². The number of carboxylic acid groups (broad SMARTS) is 1. The number of benzene rings is 1. The summed E-state index contributed by atoms with van der Waals surface area (Å²) in [7, 11) is 0. The Labute approximate surface area is 295 Å². The van der Waals surface area contributed by atoms with E-state index in [1.165, 1.54) is 35.3 Å². The third-order valence-electron chi connectivity index (χ3n) is 15.3. The summed E-state index contributed by atoms with van der Waals surface area (Å²) in [5.41, 5.74) is 3.96. The molecule has 0 bridgehead atoms. The van der Waals surface area contributed by atoms with Crippen LogP contribution in [0.2, 0.25) is 0 Å². The van der Waals surface area contributed by atoms with E-state index in [0.717, 1.165) is 50.5 Å². The number of carbonyl (C=O) groups excluding carboxylic acids is 2. The minimum Gasteiger partial charge on any atom is -0.478 e. The van der Waals surface area contributed by atoms with Gasteiger partial charge < -0.3 is 10.4 Å². The summed E-state index contributed by atoms with van der Waals surface area (Å²) in [6.45, 7) is 19.2. The zero-order valence-corrected chi connectivity index (χ0v) is 30.8. The van der Waals surface area contributed by atoms with Gasteiger partial charge in [0.05, 0.1) is 5.56 Å². The van der Waals surface area contributed by atoms with Crippen LogP contribution in [0.15, 0.2) is 54.1 Å². The Balaban J connectivity index is 1.19. The fourth-order valence-corrected chi connectivity index (χ4v) is 13.5. The van der Waals surface area contributed by atoms with Crippen LogP contribution in [-0.4, -0.2) is 33.4 Å². The van der Waals surface area contributed by atoms with Crippen molar-refractivity contribution in [1.82, 2.24) is 10.3 Å². The highest BCUT2D eigenvalue weighted by molar-refractivity contribution is 7.13. The molecule has 0 saturated heterocycles. The number of carbonyl (C=O) groups is 3. The number of thiazole rings is 1. The van der Waals surface area contributed by atoms with Crippen LogP contribution in [0.5, 0.6) is 0 Å².